The molecule has 0 bridgehead atoms. The molecule has 2 heterocycles. The van der Waals surface area contributed by atoms with Gasteiger partial charge in [-0.2, -0.15) is 0 Å². The van der Waals surface area contributed by atoms with Crippen molar-refractivity contribution in [1.29, 1.82) is 0 Å². The van der Waals surface area contributed by atoms with Gasteiger partial charge in [0.1, 0.15) is 5.76 Å². The monoisotopic (exact) mass is 329 g/mol. The fraction of sp³-hybridized carbons (Fsp3) is 0.389. The number of nitrogens with zero attached hydrogens (tertiary/aromatic N) is 2. The maximum atomic E-state index is 12.5. The molecular formula is C18H23N3O3. The molecule has 6 heteroatoms. The molecule has 0 aromatic carbocycles. The van der Waals surface area contributed by atoms with Crippen LogP contribution in [0, 0.1) is 6.92 Å². The van der Waals surface area contributed by atoms with Crippen molar-refractivity contribution in [2.75, 3.05) is 13.1 Å². The van der Waals surface area contributed by atoms with Crippen molar-refractivity contribution >= 4 is 11.8 Å². The van der Waals surface area contributed by atoms with E-state index in [0.29, 0.717) is 31.0 Å². The van der Waals surface area contributed by atoms with Crippen LogP contribution in [0.15, 0.2) is 41.1 Å². The van der Waals surface area contributed by atoms with E-state index in [4.69, 9.17) is 4.42 Å². The second-order valence-corrected chi connectivity index (χ2v) is 5.53. The lowest BCUT2D eigenvalue weighted by atomic mass is 10.2. The first-order valence-corrected chi connectivity index (χ1v) is 8.11. The average Bonchev–Trinajstić information content (AvgIpc) is 3.03. The van der Waals surface area contributed by atoms with Crippen LogP contribution < -0.4 is 5.32 Å². The molecule has 0 unspecified atom stereocenters. The van der Waals surface area contributed by atoms with E-state index < -0.39 is 0 Å². The van der Waals surface area contributed by atoms with E-state index in [9.17, 15) is 9.59 Å². The van der Waals surface area contributed by atoms with Crippen LogP contribution in [0.25, 0.3) is 0 Å². The summed E-state index contributed by atoms with van der Waals surface area (Å²) in [4.78, 5) is 30.4. The van der Waals surface area contributed by atoms with Crippen molar-refractivity contribution in [2.24, 2.45) is 0 Å². The van der Waals surface area contributed by atoms with Gasteiger partial charge in [0.15, 0.2) is 0 Å². The maximum Gasteiger partial charge on any atom is 0.257 e. The molecule has 24 heavy (non-hydrogen) atoms. The van der Waals surface area contributed by atoms with E-state index in [-0.39, 0.29) is 18.2 Å². The summed E-state index contributed by atoms with van der Waals surface area (Å²) in [5.41, 5.74) is 1.36. The Kier molecular flexibility index (Phi) is 6.54. The molecule has 0 spiro atoms. The number of aryl methyl sites for hydroxylation is 1. The minimum atomic E-state index is -0.0986. The molecule has 0 aliphatic carbocycles. The van der Waals surface area contributed by atoms with Gasteiger partial charge in [-0.1, -0.05) is 13.0 Å². The number of pyridine rings is 1. The highest BCUT2D eigenvalue weighted by Gasteiger charge is 2.19. The van der Waals surface area contributed by atoms with Crippen LogP contribution in [0.4, 0.5) is 0 Å². The number of amides is 2. The van der Waals surface area contributed by atoms with Crippen LogP contribution in [0.5, 0.6) is 0 Å². The molecule has 0 fully saturated rings. The van der Waals surface area contributed by atoms with Gasteiger partial charge in [0, 0.05) is 25.7 Å². The van der Waals surface area contributed by atoms with E-state index in [1.165, 1.54) is 6.26 Å². The number of hydrogen-bond acceptors (Lipinski definition) is 4. The number of carbonyl (C=O) groups excluding carboxylic acids is 2. The zero-order valence-electron chi connectivity index (χ0n) is 14.1. The number of furan rings is 1. The number of rotatable bonds is 8. The van der Waals surface area contributed by atoms with Gasteiger partial charge in [-0.15, -0.1) is 0 Å². The summed E-state index contributed by atoms with van der Waals surface area (Å²) in [5.74, 6) is 0.403. The Morgan fingerprint density at radius 3 is 2.71 bits per heavy atom. The normalized spacial score (nSPS) is 10.4. The summed E-state index contributed by atoms with van der Waals surface area (Å²) in [7, 11) is 0. The molecule has 0 atom stereocenters. The Balaban J connectivity index is 1.85. The summed E-state index contributed by atoms with van der Waals surface area (Å²) < 4.78 is 5.19. The summed E-state index contributed by atoms with van der Waals surface area (Å²) in [6.45, 7) is 5.14. The second-order valence-electron chi connectivity index (χ2n) is 5.53. The molecule has 0 aliphatic rings. The number of aromatic nitrogens is 1. The van der Waals surface area contributed by atoms with E-state index in [1.807, 2.05) is 25.1 Å². The van der Waals surface area contributed by atoms with Crippen molar-refractivity contribution in [1.82, 2.24) is 15.2 Å². The standard InChI is InChI=1S/C18H23N3O3/c1-3-10-21(18(23)16-8-12-24-14(16)2)11-7-17(22)20-13-15-6-4-5-9-19-15/h4-6,8-9,12H,3,7,10-11,13H2,1-2H3,(H,20,22). The molecule has 0 aliphatic heterocycles. The van der Waals surface area contributed by atoms with Crippen molar-refractivity contribution in [3.05, 3.63) is 53.7 Å². The van der Waals surface area contributed by atoms with E-state index in [1.54, 1.807) is 24.1 Å². The summed E-state index contributed by atoms with van der Waals surface area (Å²) in [6, 6.07) is 7.23. The molecule has 0 saturated heterocycles. The van der Waals surface area contributed by atoms with Crippen LogP contribution in [-0.4, -0.2) is 34.8 Å². The van der Waals surface area contributed by atoms with E-state index in [0.717, 1.165) is 12.1 Å². The SMILES string of the molecule is CCCN(CCC(=O)NCc1ccccn1)C(=O)c1ccoc1C. The van der Waals surface area contributed by atoms with Gasteiger partial charge in [-0.25, -0.2) is 0 Å². The number of hydrogen-bond donors (Lipinski definition) is 1. The third-order valence-corrected chi connectivity index (χ3v) is 3.67. The fourth-order valence-electron chi connectivity index (χ4n) is 2.38. The third-order valence-electron chi connectivity index (χ3n) is 3.67. The first-order chi connectivity index (χ1) is 11.6. The van der Waals surface area contributed by atoms with Crippen molar-refractivity contribution < 1.29 is 14.0 Å². The average molecular weight is 329 g/mol. The fourth-order valence-corrected chi connectivity index (χ4v) is 2.38. The predicted octanol–water partition coefficient (Wildman–Crippen LogP) is 2.54. The smallest absolute Gasteiger partial charge is 0.257 e. The topological polar surface area (TPSA) is 75.4 Å². The Bertz CT molecular complexity index is 667. The highest BCUT2D eigenvalue weighted by Crippen LogP contribution is 2.12. The van der Waals surface area contributed by atoms with Crippen LogP contribution in [-0.2, 0) is 11.3 Å². The van der Waals surface area contributed by atoms with Crippen LogP contribution in [0.2, 0.25) is 0 Å². The zero-order valence-corrected chi connectivity index (χ0v) is 14.1. The van der Waals surface area contributed by atoms with Gasteiger partial charge in [0.2, 0.25) is 5.91 Å². The van der Waals surface area contributed by atoms with Crippen molar-refractivity contribution in [3.63, 3.8) is 0 Å². The van der Waals surface area contributed by atoms with Crippen molar-refractivity contribution in [2.45, 2.75) is 33.2 Å². The van der Waals surface area contributed by atoms with Gasteiger partial charge in [0.25, 0.3) is 5.91 Å². The first kappa shape index (κ1) is 17.7. The Labute approximate surface area is 141 Å². The van der Waals surface area contributed by atoms with Crippen LogP contribution in [0.1, 0.15) is 41.6 Å². The van der Waals surface area contributed by atoms with E-state index >= 15 is 0 Å². The Morgan fingerprint density at radius 1 is 1.25 bits per heavy atom. The second kappa shape index (κ2) is 8.86. The molecule has 2 amide bonds. The molecule has 0 radical (unpaired) electrons. The molecule has 2 rings (SSSR count). The summed E-state index contributed by atoms with van der Waals surface area (Å²) in [5, 5.41) is 2.82. The minimum absolute atomic E-state index is 0.0966. The molecule has 128 valence electrons. The minimum Gasteiger partial charge on any atom is -0.469 e. The van der Waals surface area contributed by atoms with Gasteiger partial charge in [0.05, 0.1) is 24.1 Å². The van der Waals surface area contributed by atoms with Gasteiger partial charge in [-0.05, 0) is 31.5 Å². The molecule has 0 saturated carbocycles. The Morgan fingerprint density at radius 2 is 2.08 bits per heavy atom. The van der Waals surface area contributed by atoms with Crippen LogP contribution in [0.3, 0.4) is 0 Å². The molecular weight excluding hydrogens is 306 g/mol. The lowest BCUT2D eigenvalue weighted by Crippen LogP contribution is -2.36. The number of carbonyl (C=O) groups is 2. The van der Waals surface area contributed by atoms with Gasteiger partial charge < -0.3 is 14.6 Å². The zero-order chi connectivity index (χ0) is 17.4. The lowest BCUT2D eigenvalue weighted by molar-refractivity contribution is -0.121. The molecule has 2 aromatic rings. The predicted molar refractivity (Wildman–Crippen MR) is 90.3 cm³/mol. The largest absolute Gasteiger partial charge is 0.469 e. The summed E-state index contributed by atoms with van der Waals surface area (Å²) >= 11 is 0. The maximum absolute atomic E-state index is 12.5. The Hall–Kier alpha value is -2.63. The molecule has 2 aromatic heterocycles. The first-order valence-electron chi connectivity index (χ1n) is 8.11. The van der Waals surface area contributed by atoms with Crippen LogP contribution >= 0.6 is 0 Å². The number of nitrogens with one attached hydrogen (secondary N) is 1. The van der Waals surface area contributed by atoms with Gasteiger partial charge in [-0.3, -0.25) is 14.6 Å². The van der Waals surface area contributed by atoms with E-state index in [2.05, 4.69) is 10.3 Å². The molecule has 6 nitrogen and oxygen atoms in total. The van der Waals surface area contributed by atoms with Gasteiger partial charge >= 0.3 is 0 Å². The molecule has 1 N–H and O–H groups in total. The lowest BCUT2D eigenvalue weighted by Gasteiger charge is -2.21. The highest BCUT2D eigenvalue weighted by atomic mass is 16.3. The quantitative estimate of drug-likeness (QED) is 0.807. The van der Waals surface area contributed by atoms with Crippen molar-refractivity contribution in [3.8, 4) is 0 Å². The summed E-state index contributed by atoms with van der Waals surface area (Å²) in [6.07, 6.45) is 4.29. The third kappa shape index (κ3) is 4.94. The highest BCUT2D eigenvalue weighted by molar-refractivity contribution is 5.95.